The molecule has 4 heterocycles. The first-order valence-corrected chi connectivity index (χ1v) is 9.75. The zero-order chi connectivity index (χ0) is 20.0. The number of fused-ring (bicyclic) bond motifs is 2. The maximum atomic E-state index is 11.6. The molecule has 29 heavy (non-hydrogen) atoms. The number of nitrogens with one attached hydrogen (secondary N) is 3. The van der Waals surface area contributed by atoms with E-state index >= 15 is 0 Å². The Labute approximate surface area is 167 Å². The molecule has 4 aromatic heterocycles. The fourth-order valence-electron chi connectivity index (χ4n) is 3.99. The van der Waals surface area contributed by atoms with Crippen molar-refractivity contribution in [1.82, 2.24) is 34.9 Å². The number of aromatic amines is 1. The van der Waals surface area contributed by atoms with Crippen molar-refractivity contribution in [1.29, 1.82) is 0 Å². The van der Waals surface area contributed by atoms with Crippen LogP contribution in [0.15, 0.2) is 36.9 Å². The van der Waals surface area contributed by atoms with Gasteiger partial charge in [-0.05, 0) is 25.8 Å². The van der Waals surface area contributed by atoms with Crippen molar-refractivity contribution in [2.24, 2.45) is 0 Å². The van der Waals surface area contributed by atoms with Crippen molar-refractivity contribution in [3.63, 3.8) is 0 Å². The van der Waals surface area contributed by atoms with Crippen LogP contribution in [0.2, 0.25) is 0 Å². The normalized spacial score (nSPS) is 21.2. The van der Waals surface area contributed by atoms with Gasteiger partial charge in [0.1, 0.15) is 5.65 Å². The quantitative estimate of drug-likeness (QED) is 0.483. The lowest BCUT2D eigenvalue weighted by Gasteiger charge is -2.45. The first-order chi connectivity index (χ1) is 14.0. The molecule has 1 saturated carbocycles. The predicted octanol–water partition coefficient (Wildman–Crippen LogP) is 2.53. The van der Waals surface area contributed by atoms with E-state index in [9.17, 15) is 4.79 Å². The molecule has 0 aromatic carbocycles. The smallest absolute Gasteiger partial charge is 0.224 e. The van der Waals surface area contributed by atoms with Crippen LogP contribution in [-0.2, 0) is 4.79 Å². The highest BCUT2D eigenvalue weighted by Crippen LogP contribution is 2.34. The molecule has 9 nitrogen and oxygen atoms in total. The minimum atomic E-state index is -0.146. The zero-order valence-corrected chi connectivity index (χ0v) is 16.3. The van der Waals surface area contributed by atoms with Gasteiger partial charge in [0.2, 0.25) is 11.9 Å². The van der Waals surface area contributed by atoms with Gasteiger partial charge in [0.25, 0.3) is 0 Å². The molecule has 0 bridgehead atoms. The summed E-state index contributed by atoms with van der Waals surface area (Å²) in [5.41, 5.74) is 3.20. The number of anilines is 1. The Balaban J connectivity index is 1.33. The van der Waals surface area contributed by atoms with Crippen LogP contribution < -0.4 is 10.6 Å². The lowest BCUT2D eigenvalue weighted by molar-refractivity contribution is -0.123. The Morgan fingerprint density at radius 1 is 1.34 bits per heavy atom. The molecule has 0 spiro atoms. The van der Waals surface area contributed by atoms with Crippen LogP contribution in [0.4, 0.5) is 5.95 Å². The molecule has 0 aliphatic heterocycles. The standard InChI is InChI=1S/C20H22N8O/c1-3-17(29)27-20(2)8-12(9-20)24-19-22-11-14-13(10-21-18(14)26-19)15-5-7-28-16(25-15)4-6-23-28/h4-7,10-12H,3,8-9H2,1-2H3,(H,27,29)(H2,21,22,24,26)/t12-,20+. The lowest BCUT2D eigenvalue weighted by Crippen LogP contribution is -2.59. The maximum absolute atomic E-state index is 11.6. The molecule has 0 unspecified atom stereocenters. The average molecular weight is 390 g/mol. The number of H-pyrrole nitrogens is 1. The molecule has 1 aliphatic carbocycles. The van der Waals surface area contributed by atoms with E-state index in [2.05, 4.69) is 42.6 Å². The fraction of sp³-hybridized carbons (Fsp3) is 0.350. The number of hydrogen-bond donors (Lipinski definition) is 3. The third-order valence-electron chi connectivity index (χ3n) is 5.46. The first kappa shape index (κ1) is 17.6. The minimum Gasteiger partial charge on any atom is -0.351 e. The van der Waals surface area contributed by atoms with E-state index in [1.54, 1.807) is 10.7 Å². The van der Waals surface area contributed by atoms with Gasteiger partial charge in [0.15, 0.2) is 5.65 Å². The van der Waals surface area contributed by atoms with E-state index < -0.39 is 0 Å². The third kappa shape index (κ3) is 3.18. The lowest BCUT2D eigenvalue weighted by atomic mass is 9.74. The highest BCUT2D eigenvalue weighted by molar-refractivity contribution is 5.92. The third-order valence-corrected chi connectivity index (χ3v) is 5.46. The topological polar surface area (TPSA) is 113 Å². The van der Waals surface area contributed by atoms with Crippen molar-refractivity contribution in [3.05, 3.63) is 36.9 Å². The van der Waals surface area contributed by atoms with Crippen LogP contribution in [-0.4, -0.2) is 47.0 Å². The van der Waals surface area contributed by atoms with Gasteiger partial charge in [-0.25, -0.2) is 14.5 Å². The molecule has 5 rings (SSSR count). The molecule has 1 amide bonds. The number of carbonyl (C=O) groups excluding carboxylic acids is 1. The van der Waals surface area contributed by atoms with E-state index in [1.165, 1.54) is 0 Å². The highest BCUT2D eigenvalue weighted by Gasteiger charge is 2.41. The van der Waals surface area contributed by atoms with Crippen LogP contribution >= 0.6 is 0 Å². The minimum absolute atomic E-state index is 0.0882. The summed E-state index contributed by atoms with van der Waals surface area (Å²) in [7, 11) is 0. The second-order valence-electron chi connectivity index (χ2n) is 7.82. The Morgan fingerprint density at radius 3 is 3.03 bits per heavy atom. The van der Waals surface area contributed by atoms with E-state index in [0.29, 0.717) is 12.4 Å². The van der Waals surface area contributed by atoms with Crippen molar-refractivity contribution in [2.75, 3.05) is 5.32 Å². The molecular formula is C20H22N8O. The fourth-order valence-corrected chi connectivity index (χ4v) is 3.99. The second-order valence-corrected chi connectivity index (χ2v) is 7.82. The number of carbonyl (C=O) groups is 1. The van der Waals surface area contributed by atoms with E-state index in [-0.39, 0.29) is 17.5 Å². The van der Waals surface area contributed by atoms with Crippen LogP contribution in [0.3, 0.4) is 0 Å². The van der Waals surface area contributed by atoms with Gasteiger partial charge in [-0.3, -0.25) is 4.79 Å². The molecule has 9 heteroatoms. The van der Waals surface area contributed by atoms with Gasteiger partial charge in [-0.2, -0.15) is 10.1 Å². The SMILES string of the molecule is CCC(=O)N[C@]1(C)C[C@H](Nc2ncc3c(-c4ccn5nccc5n4)c[nH]c3n2)C1. The maximum Gasteiger partial charge on any atom is 0.224 e. The molecule has 3 N–H and O–H groups in total. The van der Waals surface area contributed by atoms with E-state index in [4.69, 9.17) is 0 Å². The summed E-state index contributed by atoms with van der Waals surface area (Å²) < 4.78 is 1.73. The van der Waals surface area contributed by atoms with Gasteiger partial charge < -0.3 is 15.6 Å². The Hall–Kier alpha value is -3.49. The molecule has 0 radical (unpaired) electrons. The first-order valence-electron chi connectivity index (χ1n) is 9.75. The number of amides is 1. The Bertz CT molecular complexity index is 1200. The van der Waals surface area contributed by atoms with Gasteiger partial charge in [-0.1, -0.05) is 6.92 Å². The molecule has 1 fully saturated rings. The summed E-state index contributed by atoms with van der Waals surface area (Å²) in [5.74, 6) is 0.671. The van der Waals surface area contributed by atoms with Gasteiger partial charge in [0.05, 0.1) is 11.9 Å². The summed E-state index contributed by atoms with van der Waals surface area (Å²) in [6.45, 7) is 3.94. The summed E-state index contributed by atoms with van der Waals surface area (Å²) >= 11 is 0. The Kier molecular flexibility index (Phi) is 3.97. The zero-order valence-electron chi connectivity index (χ0n) is 16.3. The van der Waals surface area contributed by atoms with Crippen LogP contribution in [0.5, 0.6) is 0 Å². The predicted molar refractivity (Wildman–Crippen MR) is 109 cm³/mol. The molecule has 4 aromatic rings. The van der Waals surface area contributed by atoms with Crippen molar-refractivity contribution in [3.8, 4) is 11.3 Å². The Morgan fingerprint density at radius 2 is 2.21 bits per heavy atom. The molecular weight excluding hydrogens is 368 g/mol. The van der Waals surface area contributed by atoms with E-state index in [0.717, 1.165) is 40.8 Å². The molecule has 0 saturated heterocycles. The summed E-state index contributed by atoms with van der Waals surface area (Å²) in [6, 6.07) is 4.04. The summed E-state index contributed by atoms with van der Waals surface area (Å²) in [4.78, 5) is 28.6. The van der Waals surface area contributed by atoms with Gasteiger partial charge in [0, 0.05) is 53.6 Å². The second kappa shape index (κ2) is 6.54. The summed E-state index contributed by atoms with van der Waals surface area (Å²) in [6.07, 6.45) is 9.54. The van der Waals surface area contributed by atoms with Gasteiger partial charge >= 0.3 is 0 Å². The summed E-state index contributed by atoms with van der Waals surface area (Å²) in [5, 5.41) is 11.5. The molecule has 148 valence electrons. The van der Waals surface area contributed by atoms with E-state index in [1.807, 2.05) is 37.6 Å². The largest absolute Gasteiger partial charge is 0.351 e. The molecule has 1 aliphatic rings. The molecule has 0 atom stereocenters. The average Bonchev–Trinajstić information content (AvgIpc) is 3.32. The van der Waals surface area contributed by atoms with Crippen molar-refractivity contribution < 1.29 is 4.79 Å². The van der Waals surface area contributed by atoms with Crippen LogP contribution in [0, 0.1) is 0 Å². The number of nitrogens with zero attached hydrogens (tertiary/aromatic N) is 5. The van der Waals surface area contributed by atoms with Crippen molar-refractivity contribution in [2.45, 2.75) is 44.7 Å². The number of aromatic nitrogens is 6. The van der Waals surface area contributed by atoms with Crippen molar-refractivity contribution >= 4 is 28.5 Å². The van der Waals surface area contributed by atoms with Crippen LogP contribution in [0.1, 0.15) is 33.1 Å². The number of hydrogen-bond acceptors (Lipinski definition) is 6. The van der Waals surface area contributed by atoms with Gasteiger partial charge in [-0.15, -0.1) is 0 Å². The monoisotopic (exact) mass is 390 g/mol. The van der Waals surface area contributed by atoms with Crippen LogP contribution in [0.25, 0.3) is 27.9 Å². The highest BCUT2D eigenvalue weighted by atomic mass is 16.1. The number of rotatable bonds is 5.